The molecule has 0 bridgehead atoms. The van der Waals surface area contributed by atoms with Crippen molar-refractivity contribution in [2.75, 3.05) is 0 Å². The predicted octanol–water partition coefficient (Wildman–Crippen LogP) is 1.09. The highest BCUT2D eigenvalue weighted by atomic mass is 16.3. The maximum Gasteiger partial charge on any atom is 0.0995 e. The third kappa shape index (κ3) is 2.22. The van der Waals surface area contributed by atoms with Gasteiger partial charge in [0.25, 0.3) is 0 Å². The van der Waals surface area contributed by atoms with Crippen LogP contribution in [-0.2, 0) is 13.5 Å². The number of aryl methyl sites for hydroxylation is 1. The molecule has 0 aliphatic rings. The van der Waals surface area contributed by atoms with Crippen molar-refractivity contribution in [1.29, 1.82) is 0 Å². The lowest BCUT2D eigenvalue weighted by atomic mass is 10.1. The number of hydrogen-bond acceptors (Lipinski definition) is 3. The van der Waals surface area contributed by atoms with Crippen LogP contribution in [-0.4, -0.2) is 19.6 Å². The first-order chi connectivity index (χ1) is 7.27. The average Bonchev–Trinajstić information content (AvgIpc) is 2.66. The highest BCUT2D eigenvalue weighted by Crippen LogP contribution is 2.16. The van der Waals surface area contributed by atoms with E-state index in [1.54, 1.807) is 24.9 Å². The Morgan fingerprint density at radius 1 is 1.33 bits per heavy atom. The molecule has 2 aromatic rings. The van der Waals surface area contributed by atoms with E-state index in [1.165, 1.54) is 0 Å². The summed E-state index contributed by atoms with van der Waals surface area (Å²) >= 11 is 0. The molecule has 4 nitrogen and oxygen atoms in total. The average molecular weight is 203 g/mol. The van der Waals surface area contributed by atoms with Crippen LogP contribution < -0.4 is 0 Å². The molecule has 1 atom stereocenters. The number of imidazole rings is 1. The molecule has 0 radical (unpaired) electrons. The Labute approximate surface area is 88.2 Å². The minimum atomic E-state index is -0.514. The maximum atomic E-state index is 9.96. The van der Waals surface area contributed by atoms with Crippen LogP contribution in [0.4, 0.5) is 0 Å². The van der Waals surface area contributed by atoms with Gasteiger partial charge in [-0.1, -0.05) is 0 Å². The molecule has 4 heteroatoms. The van der Waals surface area contributed by atoms with Gasteiger partial charge in [-0.05, 0) is 17.7 Å². The molecule has 15 heavy (non-hydrogen) atoms. The molecule has 0 fully saturated rings. The highest BCUT2D eigenvalue weighted by molar-refractivity contribution is 5.14. The van der Waals surface area contributed by atoms with E-state index in [1.807, 2.05) is 23.7 Å². The fourth-order valence-corrected chi connectivity index (χ4v) is 1.54. The molecule has 0 aliphatic carbocycles. The molecule has 2 rings (SSSR count). The van der Waals surface area contributed by atoms with Crippen LogP contribution in [0.1, 0.15) is 17.4 Å². The Bertz CT molecular complexity index is 424. The van der Waals surface area contributed by atoms with Gasteiger partial charge in [-0.15, -0.1) is 0 Å². The van der Waals surface area contributed by atoms with Crippen molar-refractivity contribution in [3.8, 4) is 0 Å². The van der Waals surface area contributed by atoms with Crippen LogP contribution in [0.3, 0.4) is 0 Å². The largest absolute Gasteiger partial charge is 0.386 e. The summed E-state index contributed by atoms with van der Waals surface area (Å²) in [4.78, 5) is 7.91. The van der Waals surface area contributed by atoms with Gasteiger partial charge in [0.15, 0.2) is 0 Å². The molecule has 1 unspecified atom stereocenters. The third-order valence-electron chi connectivity index (χ3n) is 2.37. The molecular formula is C11H13N3O. The van der Waals surface area contributed by atoms with E-state index in [-0.39, 0.29) is 0 Å². The summed E-state index contributed by atoms with van der Waals surface area (Å²) in [6, 6.07) is 3.80. The second-order valence-electron chi connectivity index (χ2n) is 3.50. The second-order valence-corrected chi connectivity index (χ2v) is 3.50. The lowest BCUT2D eigenvalue weighted by Gasteiger charge is -2.10. The van der Waals surface area contributed by atoms with Crippen LogP contribution in [0.25, 0.3) is 0 Å². The number of pyridine rings is 1. The monoisotopic (exact) mass is 203 g/mol. The zero-order valence-electron chi connectivity index (χ0n) is 8.54. The Morgan fingerprint density at radius 2 is 2.07 bits per heavy atom. The van der Waals surface area contributed by atoms with Crippen molar-refractivity contribution in [3.63, 3.8) is 0 Å². The third-order valence-corrected chi connectivity index (χ3v) is 2.37. The molecule has 2 heterocycles. The van der Waals surface area contributed by atoms with Gasteiger partial charge in [0.05, 0.1) is 24.3 Å². The van der Waals surface area contributed by atoms with E-state index in [4.69, 9.17) is 0 Å². The van der Waals surface area contributed by atoms with E-state index < -0.39 is 6.10 Å². The van der Waals surface area contributed by atoms with Gasteiger partial charge in [-0.25, -0.2) is 4.98 Å². The molecule has 0 spiro atoms. The molecule has 0 aromatic carbocycles. The maximum absolute atomic E-state index is 9.96. The summed E-state index contributed by atoms with van der Waals surface area (Å²) < 4.78 is 1.83. The van der Waals surface area contributed by atoms with Crippen molar-refractivity contribution in [3.05, 3.63) is 48.3 Å². The summed E-state index contributed by atoms with van der Waals surface area (Å²) in [5, 5.41) is 9.96. The van der Waals surface area contributed by atoms with Crippen LogP contribution in [0.2, 0.25) is 0 Å². The number of aliphatic hydroxyl groups excluding tert-OH is 1. The summed E-state index contributed by atoms with van der Waals surface area (Å²) in [5.41, 5.74) is 1.89. The lowest BCUT2D eigenvalue weighted by Crippen LogP contribution is -2.06. The van der Waals surface area contributed by atoms with Gasteiger partial charge in [0.2, 0.25) is 0 Å². The summed E-state index contributed by atoms with van der Waals surface area (Å²) in [7, 11) is 1.87. The van der Waals surface area contributed by atoms with Crippen LogP contribution in [0.15, 0.2) is 37.1 Å². The minimum absolute atomic E-state index is 0.514. The van der Waals surface area contributed by atoms with E-state index in [0.29, 0.717) is 6.42 Å². The van der Waals surface area contributed by atoms with Gasteiger partial charge in [-0.2, -0.15) is 0 Å². The van der Waals surface area contributed by atoms with E-state index in [9.17, 15) is 5.11 Å². The van der Waals surface area contributed by atoms with E-state index in [0.717, 1.165) is 11.3 Å². The summed E-state index contributed by atoms with van der Waals surface area (Å²) in [6.45, 7) is 0. The van der Waals surface area contributed by atoms with Gasteiger partial charge in [-0.3, -0.25) is 4.98 Å². The molecule has 78 valence electrons. The van der Waals surface area contributed by atoms with Crippen LogP contribution in [0.5, 0.6) is 0 Å². The number of nitrogens with zero attached hydrogens (tertiary/aromatic N) is 3. The quantitative estimate of drug-likeness (QED) is 0.812. The number of hydrogen-bond donors (Lipinski definition) is 1. The number of rotatable bonds is 3. The van der Waals surface area contributed by atoms with Crippen molar-refractivity contribution >= 4 is 0 Å². The molecule has 0 saturated carbocycles. The van der Waals surface area contributed by atoms with Gasteiger partial charge in [0.1, 0.15) is 0 Å². The first-order valence-electron chi connectivity index (χ1n) is 4.80. The SMILES string of the molecule is Cn1cncc1C(O)Cc1ccncc1. The first kappa shape index (κ1) is 9.86. The normalized spacial score (nSPS) is 12.7. The summed E-state index contributed by atoms with van der Waals surface area (Å²) in [6.07, 6.45) is 6.90. The zero-order chi connectivity index (χ0) is 10.7. The van der Waals surface area contributed by atoms with Crippen molar-refractivity contribution < 1.29 is 5.11 Å². The predicted molar refractivity (Wildman–Crippen MR) is 56.1 cm³/mol. The molecule has 1 N–H and O–H groups in total. The zero-order valence-corrected chi connectivity index (χ0v) is 8.54. The Hall–Kier alpha value is -1.68. The second kappa shape index (κ2) is 4.23. The molecule has 2 aromatic heterocycles. The van der Waals surface area contributed by atoms with Gasteiger partial charge in [0, 0.05) is 25.9 Å². The first-order valence-corrected chi connectivity index (χ1v) is 4.80. The summed E-state index contributed by atoms with van der Waals surface area (Å²) in [5.74, 6) is 0. The van der Waals surface area contributed by atoms with Gasteiger partial charge < -0.3 is 9.67 Å². The highest BCUT2D eigenvalue weighted by Gasteiger charge is 2.11. The van der Waals surface area contributed by atoms with Crippen LogP contribution in [0, 0.1) is 0 Å². The standard InChI is InChI=1S/C11H13N3O/c1-14-8-13-7-10(14)11(15)6-9-2-4-12-5-3-9/h2-5,7-8,11,15H,6H2,1H3. The molecule has 0 aliphatic heterocycles. The number of aliphatic hydroxyl groups is 1. The van der Waals surface area contributed by atoms with Crippen molar-refractivity contribution in [2.45, 2.75) is 12.5 Å². The fraction of sp³-hybridized carbons (Fsp3) is 0.273. The smallest absolute Gasteiger partial charge is 0.0995 e. The van der Waals surface area contributed by atoms with E-state index in [2.05, 4.69) is 9.97 Å². The lowest BCUT2D eigenvalue weighted by molar-refractivity contribution is 0.170. The van der Waals surface area contributed by atoms with Crippen molar-refractivity contribution in [1.82, 2.24) is 14.5 Å². The Kier molecular flexibility index (Phi) is 2.78. The molecule has 0 amide bonds. The molecular weight excluding hydrogens is 190 g/mol. The number of aromatic nitrogens is 3. The topological polar surface area (TPSA) is 50.9 Å². The molecule has 0 saturated heterocycles. The Balaban J connectivity index is 2.11. The van der Waals surface area contributed by atoms with Crippen molar-refractivity contribution in [2.24, 2.45) is 7.05 Å². The Morgan fingerprint density at radius 3 is 2.67 bits per heavy atom. The van der Waals surface area contributed by atoms with Gasteiger partial charge >= 0.3 is 0 Å². The van der Waals surface area contributed by atoms with E-state index >= 15 is 0 Å². The van der Waals surface area contributed by atoms with Crippen LogP contribution >= 0.6 is 0 Å². The minimum Gasteiger partial charge on any atom is -0.386 e. The fourth-order valence-electron chi connectivity index (χ4n) is 1.54.